The maximum Gasteiger partial charge on any atom is 0.124 e. The number of ether oxygens (including phenoxy) is 3. The smallest absolute Gasteiger partial charge is 0.124 e. The van der Waals surface area contributed by atoms with E-state index in [1.54, 1.807) is 20.3 Å². The van der Waals surface area contributed by atoms with Crippen molar-refractivity contribution in [3.63, 3.8) is 0 Å². The summed E-state index contributed by atoms with van der Waals surface area (Å²) in [7, 11) is 3.25. The van der Waals surface area contributed by atoms with Gasteiger partial charge in [0.2, 0.25) is 0 Å². The van der Waals surface area contributed by atoms with Gasteiger partial charge in [0.05, 0.1) is 13.2 Å². The van der Waals surface area contributed by atoms with Crippen LogP contribution in [0.2, 0.25) is 0 Å². The first-order valence-electron chi connectivity index (χ1n) is 6.66. The second-order valence-electron chi connectivity index (χ2n) is 4.38. The lowest BCUT2D eigenvalue weighted by molar-refractivity contribution is 0.0316. The summed E-state index contributed by atoms with van der Waals surface area (Å²) < 4.78 is 29.5. The normalized spacial score (nSPS) is 12.4. The Hall–Kier alpha value is -1.13. The summed E-state index contributed by atoms with van der Waals surface area (Å²) in [6, 6.07) is 4.54. The first-order chi connectivity index (χ1) is 9.22. The molecule has 108 valence electrons. The lowest BCUT2D eigenvalue weighted by Gasteiger charge is -2.20. The van der Waals surface area contributed by atoms with Gasteiger partial charge in [-0.15, -0.1) is 0 Å². The lowest BCUT2D eigenvalue weighted by Crippen LogP contribution is -2.09. The Morgan fingerprint density at radius 2 is 2.00 bits per heavy atom. The highest BCUT2D eigenvalue weighted by atomic mass is 19.1. The Morgan fingerprint density at radius 1 is 1.21 bits per heavy atom. The fourth-order valence-electron chi connectivity index (χ4n) is 1.98. The minimum atomic E-state index is -0.266. The molecule has 0 aromatic heterocycles. The van der Waals surface area contributed by atoms with Gasteiger partial charge in [0.15, 0.2) is 0 Å². The minimum Gasteiger partial charge on any atom is -0.496 e. The van der Waals surface area contributed by atoms with Crippen LogP contribution in [0.1, 0.15) is 37.9 Å². The third-order valence-electron chi connectivity index (χ3n) is 2.90. The average Bonchev–Trinajstić information content (AvgIpc) is 2.42. The first-order valence-corrected chi connectivity index (χ1v) is 6.66. The van der Waals surface area contributed by atoms with Crippen LogP contribution in [0, 0.1) is 5.82 Å². The first kappa shape index (κ1) is 15.9. The molecule has 3 nitrogen and oxygen atoms in total. The van der Waals surface area contributed by atoms with Gasteiger partial charge in [-0.2, -0.15) is 0 Å². The second-order valence-corrected chi connectivity index (χ2v) is 4.38. The Kier molecular flexibility index (Phi) is 7.45. The predicted octanol–water partition coefficient (Wildman–Crippen LogP) is 3.73. The van der Waals surface area contributed by atoms with E-state index in [9.17, 15) is 4.39 Å². The van der Waals surface area contributed by atoms with E-state index in [0.717, 1.165) is 24.8 Å². The number of methoxy groups -OCH3 is 2. The van der Waals surface area contributed by atoms with Crippen molar-refractivity contribution in [3.8, 4) is 5.75 Å². The van der Waals surface area contributed by atoms with Crippen molar-refractivity contribution in [2.75, 3.05) is 27.4 Å². The van der Waals surface area contributed by atoms with Crippen molar-refractivity contribution < 1.29 is 18.6 Å². The van der Waals surface area contributed by atoms with Crippen molar-refractivity contribution >= 4 is 0 Å². The van der Waals surface area contributed by atoms with Gasteiger partial charge in [0.1, 0.15) is 11.6 Å². The van der Waals surface area contributed by atoms with Gasteiger partial charge in [0.25, 0.3) is 0 Å². The SMILES string of the molecule is CCC[C@H](OCCCOC)c1cc(F)ccc1OC. The number of hydrogen-bond donors (Lipinski definition) is 0. The van der Waals surface area contributed by atoms with E-state index < -0.39 is 0 Å². The van der Waals surface area contributed by atoms with Crippen molar-refractivity contribution in [1.29, 1.82) is 0 Å². The van der Waals surface area contributed by atoms with Crippen LogP contribution in [0.5, 0.6) is 5.75 Å². The van der Waals surface area contributed by atoms with E-state index in [4.69, 9.17) is 14.2 Å². The zero-order valence-corrected chi connectivity index (χ0v) is 11.9. The molecule has 1 atom stereocenters. The summed E-state index contributed by atoms with van der Waals surface area (Å²) >= 11 is 0. The van der Waals surface area contributed by atoms with E-state index in [-0.39, 0.29) is 11.9 Å². The molecule has 0 spiro atoms. The molecule has 4 heteroatoms. The number of rotatable bonds is 9. The van der Waals surface area contributed by atoms with Crippen LogP contribution in [-0.4, -0.2) is 27.4 Å². The van der Waals surface area contributed by atoms with Crippen LogP contribution >= 0.6 is 0 Å². The van der Waals surface area contributed by atoms with E-state index in [2.05, 4.69) is 6.92 Å². The van der Waals surface area contributed by atoms with E-state index >= 15 is 0 Å². The highest BCUT2D eigenvalue weighted by Gasteiger charge is 2.17. The predicted molar refractivity (Wildman–Crippen MR) is 73.0 cm³/mol. The maximum atomic E-state index is 13.4. The van der Waals surface area contributed by atoms with Gasteiger partial charge in [-0.25, -0.2) is 4.39 Å². The fourth-order valence-corrected chi connectivity index (χ4v) is 1.98. The summed E-state index contributed by atoms with van der Waals surface area (Å²) in [5, 5.41) is 0. The van der Waals surface area contributed by atoms with Gasteiger partial charge >= 0.3 is 0 Å². The van der Waals surface area contributed by atoms with E-state index in [1.165, 1.54) is 12.1 Å². The molecule has 0 bridgehead atoms. The summed E-state index contributed by atoms with van der Waals surface area (Å²) in [5.41, 5.74) is 0.779. The molecule has 0 unspecified atom stereocenters. The van der Waals surface area contributed by atoms with Crippen molar-refractivity contribution in [2.45, 2.75) is 32.3 Å². The van der Waals surface area contributed by atoms with Gasteiger partial charge in [0, 0.05) is 25.9 Å². The topological polar surface area (TPSA) is 27.7 Å². The van der Waals surface area contributed by atoms with Crippen LogP contribution in [0.15, 0.2) is 18.2 Å². The molecule has 0 amide bonds. The van der Waals surface area contributed by atoms with E-state index in [0.29, 0.717) is 19.0 Å². The quantitative estimate of drug-likeness (QED) is 0.640. The van der Waals surface area contributed by atoms with Crippen LogP contribution < -0.4 is 4.74 Å². The monoisotopic (exact) mass is 270 g/mol. The van der Waals surface area contributed by atoms with Crippen LogP contribution in [0.3, 0.4) is 0 Å². The molecule has 0 fully saturated rings. The molecule has 0 aliphatic carbocycles. The molecule has 0 aliphatic rings. The summed E-state index contributed by atoms with van der Waals surface area (Å²) in [6.45, 7) is 3.34. The van der Waals surface area contributed by atoms with Crippen LogP contribution in [0.4, 0.5) is 4.39 Å². The van der Waals surface area contributed by atoms with Gasteiger partial charge in [-0.05, 0) is 31.0 Å². The molecule has 0 heterocycles. The largest absolute Gasteiger partial charge is 0.496 e. The zero-order valence-electron chi connectivity index (χ0n) is 11.9. The molecule has 0 saturated carbocycles. The fraction of sp³-hybridized carbons (Fsp3) is 0.600. The Balaban J connectivity index is 2.76. The van der Waals surface area contributed by atoms with Crippen LogP contribution in [-0.2, 0) is 9.47 Å². The molecule has 0 saturated heterocycles. The number of hydrogen-bond acceptors (Lipinski definition) is 3. The number of halogens is 1. The molecule has 0 radical (unpaired) electrons. The Bertz CT molecular complexity index is 368. The second kappa shape index (κ2) is 8.88. The highest BCUT2D eigenvalue weighted by molar-refractivity contribution is 5.35. The molecule has 1 rings (SSSR count). The minimum absolute atomic E-state index is 0.132. The lowest BCUT2D eigenvalue weighted by atomic mass is 10.0. The van der Waals surface area contributed by atoms with Gasteiger partial charge < -0.3 is 14.2 Å². The maximum absolute atomic E-state index is 13.4. The van der Waals surface area contributed by atoms with E-state index in [1.807, 2.05) is 0 Å². The molecular weight excluding hydrogens is 247 g/mol. The van der Waals surface area contributed by atoms with Gasteiger partial charge in [-0.1, -0.05) is 13.3 Å². The van der Waals surface area contributed by atoms with Gasteiger partial charge in [-0.3, -0.25) is 0 Å². The highest BCUT2D eigenvalue weighted by Crippen LogP contribution is 2.31. The molecular formula is C15H23FO3. The zero-order chi connectivity index (χ0) is 14.1. The Morgan fingerprint density at radius 3 is 2.63 bits per heavy atom. The molecule has 1 aromatic carbocycles. The molecule has 0 N–H and O–H groups in total. The van der Waals surface area contributed by atoms with Crippen molar-refractivity contribution in [3.05, 3.63) is 29.6 Å². The number of benzene rings is 1. The third-order valence-corrected chi connectivity index (χ3v) is 2.90. The molecule has 0 aliphatic heterocycles. The molecule has 19 heavy (non-hydrogen) atoms. The summed E-state index contributed by atoms with van der Waals surface area (Å²) in [6.07, 6.45) is 2.50. The summed E-state index contributed by atoms with van der Waals surface area (Å²) in [5.74, 6) is 0.406. The van der Waals surface area contributed by atoms with Crippen molar-refractivity contribution in [1.82, 2.24) is 0 Å². The standard InChI is InChI=1S/C15H23FO3/c1-4-6-15(19-10-5-9-17-2)13-11-12(16)7-8-14(13)18-3/h7-8,11,15H,4-6,9-10H2,1-3H3/t15-/m0/s1. The average molecular weight is 270 g/mol. The molecule has 1 aromatic rings. The summed E-state index contributed by atoms with van der Waals surface area (Å²) in [4.78, 5) is 0. The van der Waals surface area contributed by atoms with Crippen molar-refractivity contribution in [2.24, 2.45) is 0 Å². The third kappa shape index (κ3) is 5.17. The van der Waals surface area contributed by atoms with Crippen LogP contribution in [0.25, 0.3) is 0 Å². The Labute approximate surface area is 114 Å².